The van der Waals surface area contributed by atoms with Crippen LogP contribution in [0.1, 0.15) is 16.4 Å². The van der Waals surface area contributed by atoms with Gasteiger partial charge < -0.3 is 14.5 Å². The average molecular weight is 477 g/mol. The van der Waals surface area contributed by atoms with Crippen molar-refractivity contribution < 1.29 is 14.3 Å². The topological polar surface area (TPSA) is 76.2 Å². The Balaban J connectivity index is 2.02. The molecule has 0 bridgehead atoms. The number of carbonyl (C=O) groups excluding carboxylic acids is 2. The van der Waals surface area contributed by atoms with Crippen LogP contribution in [0.25, 0.3) is 0 Å². The average Bonchev–Trinajstić information content (AvgIpc) is 2.87. The number of nitrogens with one attached hydrogen (secondary N) is 1. The summed E-state index contributed by atoms with van der Waals surface area (Å²) >= 11 is 9.14. The van der Waals surface area contributed by atoms with E-state index in [2.05, 4.69) is 36.8 Å². The van der Waals surface area contributed by atoms with Gasteiger partial charge in [0.1, 0.15) is 12.0 Å². The molecule has 0 saturated carbocycles. The Bertz CT molecular complexity index is 907. The van der Waals surface area contributed by atoms with Crippen LogP contribution in [0.5, 0.6) is 5.75 Å². The third-order valence-electron chi connectivity index (χ3n) is 3.87. The second kappa shape index (κ2) is 5.58. The highest BCUT2D eigenvalue weighted by atomic mass is 79.9. The molecule has 0 saturated heterocycles. The third-order valence-corrected chi connectivity index (χ3v) is 7.25. The molecule has 3 heterocycles. The molecule has 3 unspecified atom stereocenters. The predicted molar refractivity (Wildman–Crippen MR) is 93.5 cm³/mol. The minimum Gasteiger partial charge on any atom is -0.425 e. The van der Waals surface area contributed by atoms with E-state index in [0.717, 1.165) is 32.5 Å². The number of aromatic nitrogens is 1. The number of fused-ring (bicyclic) bond motifs is 5. The van der Waals surface area contributed by atoms with E-state index in [1.165, 1.54) is 11.8 Å². The Hall–Kier alpha value is -0.900. The summed E-state index contributed by atoms with van der Waals surface area (Å²) in [4.78, 5) is 39.1. The van der Waals surface area contributed by atoms with Crippen molar-refractivity contribution in [3.05, 3.63) is 41.2 Å². The maximum atomic E-state index is 12.5. The Morgan fingerprint density at radius 1 is 1.26 bits per heavy atom. The number of esters is 1. The van der Waals surface area contributed by atoms with Gasteiger partial charge in [0.25, 0.3) is 0 Å². The molecule has 2 aliphatic rings. The summed E-state index contributed by atoms with van der Waals surface area (Å²) in [5.74, 6) is -0.995. The number of aldehydes is 1. The van der Waals surface area contributed by atoms with Gasteiger partial charge in [-0.15, -0.1) is 0 Å². The third kappa shape index (κ3) is 2.36. The Labute approximate surface area is 155 Å². The van der Waals surface area contributed by atoms with Crippen LogP contribution in [0.2, 0.25) is 0 Å². The molecule has 1 aromatic heterocycles. The smallest absolute Gasteiger partial charge is 0.316 e. The number of benzene rings is 1. The van der Waals surface area contributed by atoms with E-state index in [1.54, 1.807) is 6.07 Å². The predicted octanol–water partition coefficient (Wildman–Crippen LogP) is 3.30. The van der Waals surface area contributed by atoms with E-state index >= 15 is 0 Å². The van der Waals surface area contributed by atoms with Gasteiger partial charge in [-0.25, -0.2) is 0 Å². The minimum atomic E-state index is -0.634. The molecule has 0 aliphatic carbocycles. The number of thiazole rings is 1. The maximum absolute atomic E-state index is 12.5. The van der Waals surface area contributed by atoms with Crippen LogP contribution < -0.4 is 9.61 Å². The summed E-state index contributed by atoms with van der Waals surface area (Å²) in [6.45, 7) is 0. The summed E-state index contributed by atoms with van der Waals surface area (Å²) in [6.07, 6.45) is 0.751. The SMILES string of the molecule is O=CC1Sc2[nH]c(=O)sc2C2c3cc(Br)cc(Br)c3OC(=O)C12. The van der Waals surface area contributed by atoms with Crippen molar-refractivity contribution >= 4 is 67.2 Å². The van der Waals surface area contributed by atoms with Crippen LogP contribution in [0.3, 0.4) is 0 Å². The standard InChI is InChI=1S/C14H7Br2NO4S2/c15-4-1-5-8-9(13(19)21-10(5)6(16)2-4)7(3-18)22-12-11(8)23-14(20)17-12/h1-3,7-9H,(H,17,20). The first-order valence-electron chi connectivity index (χ1n) is 6.55. The number of thioether (sulfide) groups is 1. The van der Waals surface area contributed by atoms with E-state index in [0.29, 0.717) is 15.2 Å². The van der Waals surface area contributed by atoms with Gasteiger partial charge >= 0.3 is 10.8 Å². The van der Waals surface area contributed by atoms with Crippen molar-refractivity contribution in [1.29, 1.82) is 0 Å². The van der Waals surface area contributed by atoms with Gasteiger partial charge in [-0.2, -0.15) is 0 Å². The van der Waals surface area contributed by atoms with E-state index < -0.39 is 17.1 Å². The molecule has 118 valence electrons. The molecule has 5 nitrogen and oxygen atoms in total. The molecule has 0 radical (unpaired) electrons. The first kappa shape index (κ1) is 15.6. The normalized spacial score (nSPS) is 25.1. The number of carbonyl (C=O) groups is 2. The Kier molecular flexibility index (Phi) is 3.79. The Morgan fingerprint density at radius 2 is 2.04 bits per heavy atom. The molecule has 2 aromatic rings. The molecule has 0 spiro atoms. The number of rotatable bonds is 1. The first-order valence-corrected chi connectivity index (χ1v) is 9.83. The van der Waals surface area contributed by atoms with Gasteiger partial charge in [0.15, 0.2) is 0 Å². The number of aromatic amines is 1. The van der Waals surface area contributed by atoms with Crippen LogP contribution in [0.15, 0.2) is 30.9 Å². The van der Waals surface area contributed by atoms with Crippen LogP contribution in [-0.2, 0) is 9.59 Å². The second-order valence-corrected chi connectivity index (χ2v) is 9.13. The van der Waals surface area contributed by atoms with E-state index in [9.17, 15) is 14.4 Å². The molecule has 1 N–H and O–H groups in total. The summed E-state index contributed by atoms with van der Waals surface area (Å²) in [7, 11) is 0. The summed E-state index contributed by atoms with van der Waals surface area (Å²) < 4.78 is 6.95. The zero-order chi connectivity index (χ0) is 16.3. The van der Waals surface area contributed by atoms with Crippen molar-refractivity contribution in [2.45, 2.75) is 16.2 Å². The van der Waals surface area contributed by atoms with Gasteiger partial charge in [-0.1, -0.05) is 39.0 Å². The number of hydrogen-bond acceptors (Lipinski definition) is 6. The molecular formula is C14H7Br2NO4S2. The fourth-order valence-corrected chi connectivity index (χ4v) is 6.69. The lowest BCUT2D eigenvalue weighted by Gasteiger charge is -2.37. The Morgan fingerprint density at radius 3 is 2.78 bits per heavy atom. The zero-order valence-electron chi connectivity index (χ0n) is 11.2. The van der Waals surface area contributed by atoms with Crippen molar-refractivity contribution in [3.63, 3.8) is 0 Å². The fourth-order valence-electron chi connectivity index (χ4n) is 2.99. The molecule has 9 heteroatoms. The van der Waals surface area contributed by atoms with Crippen LogP contribution >= 0.6 is 55.0 Å². The monoisotopic (exact) mass is 475 g/mol. The largest absolute Gasteiger partial charge is 0.425 e. The molecule has 4 rings (SSSR count). The molecular weight excluding hydrogens is 470 g/mol. The quantitative estimate of drug-likeness (QED) is 0.388. The summed E-state index contributed by atoms with van der Waals surface area (Å²) in [6, 6.07) is 3.66. The van der Waals surface area contributed by atoms with Crippen LogP contribution in [0.4, 0.5) is 0 Å². The maximum Gasteiger partial charge on any atom is 0.316 e. The lowest BCUT2D eigenvalue weighted by atomic mass is 9.80. The van der Waals surface area contributed by atoms with Crippen LogP contribution in [0, 0.1) is 5.92 Å². The van der Waals surface area contributed by atoms with Gasteiger partial charge in [0.2, 0.25) is 0 Å². The van der Waals surface area contributed by atoms with Crippen molar-refractivity contribution in [3.8, 4) is 5.75 Å². The molecule has 2 aliphatic heterocycles. The van der Waals surface area contributed by atoms with Gasteiger partial charge in [-0.3, -0.25) is 9.59 Å². The lowest BCUT2D eigenvalue weighted by molar-refractivity contribution is -0.141. The number of H-pyrrole nitrogens is 1. The number of hydrogen-bond donors (Lipinski definition) is 1. The summed E-state index contributed by atoms with van der Waals surface area (Å²) in [5.41, 5.74) is 0.791. The highest BCUT2D eigenvalue weighted by Crippen LogP contribution is 2.54. The number of ether oxygens (including phenoxy) is 1. The molecule has 1 aromatic carbocycles. The molecule has 23 heavy (non-hydrogen) atoms. The fraction of sp³-hybridized carbons (Fsp3) is 0.214. The molecule has 0 amide bonds. The number of halogens is 2. The van der Waals surface area contributed by atoms with E-state index in [-0.39, 0.29) is 10.8 Å². The second-order valence-electron chi connectivity index (χ2n) is 5.16. The van der Waals surface area contributed by atoms with Gasteiger partial charge in [0.05, 0.1) is 20.7 Å². The van der Waals surface area contributed by atoms with Gasteiger partial charge in [-0.05, 0) is 28.1 Å². The highest BCUT2D eigenvalue weighted by Gasteiger charge is 2.49. The lowest BCUT2D eigenvalue weighted by Crippen LogP contribution is -2.41. The van der Waals surface area contributed by atoms with Crippen molar-refractivity contribution in [2.75, 3.05) is 0 Å². The highest BCUT2D eigenvalue weighted by molar-refractivity contribution is 9.11. The minimum absolute atomic E-state index is 0.192. The summed E-state index contributed by atoms with van der Waals surface area (Å²) in [5, 5.41) is 0.0752. The van der Waals surface area contributed by atoms with E-state index in [4.69, 9.17) is 4.74 Å². The van der Waals surface area contributed by atoms with Crippen LogP contribution in [-0.4, -0.2) is 22.5 Å². The molecule has 3 atom stereocenters. The van der Waals surface area contributed by atoms with Crippen molar-refractivity contribution in [1.82, 2.24) is 4.98 Å². The van der Waals surface area contributed by atoms with E-state index in [1.807, 2.05) is 6.07 Å². The van der Waals surface area contributed by atoms with Gasteiger partial charge in [0, 0.05) is 20.8 Å². The zero-order valence-corrected chi connectivity index (χ0v) is 16.0. The molecule has 0 fully saturated rings. The van der Waals surface area contributed by atoms with Crippen molar-refractivity contribution in [2.24, 2.45) is 5.92 Å². The first-order chi connectivity index (χ1) is 11.0.